The number of nitro benzene ring substituents is 1. The third-order valence-corrected chi connectivity index (χ3v) is 3.13. The summed E-state index contributed by atoms with van der Waals surface area (Å²) in [5.74, 6) is 5.80. The Balaban J connectivity index is 2.42. The van der Waals surface area contributed by atoms with Crippen molar-refractivity contribution in [3.05, 3.63) is 44.7 Å². The number of nitro groups is 1. The summed E-state index contributed by atoms with van der Waals surface area (Å²) in [5.41, 5.74) is 2.97. The zero-order valence-electron chi connectivity index (χ0n) is 10.3. The molecular weight excluding hydrogens is 330 g/mol. The van der Waals surface area contributed by atoms with Crippen molar-refractivity contribution in [2.24, 2.45) is 5.84 Å². The van der Waals surface area contributed by atoms with E-state index in [4.69, 9.17) is 10.6 Å². The summed E-state index contributed by atoms with van der Waals surface area (Å²) in [6.45, 7) is 1.76. The SMILES string of the molecule is Cc1ccc(Oc2ncnc(NN)c2Br)c([N+](=O)[O-])c1. The van der Waals surface area contributed by atoms with E-state index >= 15 is 0 Å². The molecule has 2 rings (SSSR count). The second kappa shape index (κ2) is 5.80. The van der Waals surface area contributed by atoms with Gasteiger partial charge in [0.15, 0.2) is 5.82 Å². The molecule has 0 aliphatic rings. The van der Waals surface area contributed by atoms with Crippen molar-refractivity contribution in [1.29, 1.82) is 0 Å². The van der Waals surface area contributed by atoms with Crippen LogP contribution in [0.1, 0.15) is 5.56 Å². The standard InChI is InChI=1S/C11H10BrN5O3/c1-6-2-3-8(7(4-6)17(18)19)20-11-9(12)10(16-13)14-5-15-11/h2-5H,13H2,1H3,(H,14,15,16). The van der Waals surface area contributed by atoms with Crippen LogP contribution in [0.5, 0.6) is 11.6 Å². The van der Waals surface area contributed by atoms with Crippen molar-refractivity contribution in [1.82, 2.24) is 9.97 Å². The number of aromatic nitrogens is 2. The number of nitrogens with one attached hydrogen (secondary N) is 1. The van der Waals surface area contributed by atoms with E-state index in [-0.39, 0.29) is 17.3 Å². The number of ether oxygens (including phenoxy) is 1. The molecule has 0 unspecified atom stereocenters. The molecule has 0 aliphatic heterocycles. The molecule has 1 aromatic carbocycles. The van der Waals surface area contributed by atoms with Gasteiger partial charge in [-0.25, -0.2) is 15.8 Å². The van der Waals surface area contributed by atoms with Gasteiger partial charge in [-0.15, -0.1) is 0 Å². The maximum Gasteiger partial charge on any atom is 0.311 e. The minimum Gasteiger partial charge on any atom is -0.430 e. The summed E-state index contributed by atoms with van der Waals surface area (Å²) in [7, 11) is 0. The molecule has 104 valence electrons. The molecule has 1 heterocycles. The van der Waals surface area contributed by atoms with Crippen LogP contribution in [0.3, 0.4) is 0 Å². The Hall–Kier alpha value is -2.26. The summed E-state index contributed by atoms with van der Waals surface area (Å²) in [6.07, 6.45) is 1.23. The molecule has 0 amide bonds. The van der Waals surface area contributed by atoms with E-state index in [1.165, 1.54) is 18.5 Å². The summed E-state index contributed by atoms with van der Waals surface area (Å²) >= 11 is 3.21. The highest BCUT2D eigenvalue weighted by Crippen LogP contribution is 2.36. The van der Waals surface area contributed by atoms with Crippen LogP contribution in [0.25, 0.3) is 0 Å². The van der Waals surface area contributed by atoms with Crippen LogP contribution in [-0.4, -0.2) is 14.9 Å². The first-order valence-electron chi connectivity index (χ1n) is 5.43. The number of nitrogens with two attached hydrogens (primary N) is 1. The minimum absolute atomic E-state index is 0.0861. The maximum atomic E-state index is 11.0. The molecule has 1 aromatic heterocycles. The molecule has 9 heteroatoms. The normalized spacial score (nSPS) is 10.2. The lowest BCUT2D eigenvalue weighted by atomic mass is 10.2. The van der Waals surface area contributed by atoms with E-state index < -0.39 is 4.92 Å². The number of nitrogen functional groups attached to an aromatic ring is 1. The number of aryl methyl sites for hydroxylation is 1. The number of rotatable bonds is 4. The van der Waals surface area contributed by atoms with Crippen molar-refractivity contribution < 1.29 is 9.66 Å². The van der Waals surface area contributed by atoms with Gasteiger partial charge in [0, 0.05) is 6.07 Å². The predicted octanol–water partition coefficient (Wildman–Crippen LogP) is 2.53. The summed E-state index contributed by atoms with van der Waals surface area (Å²) < 4.78 is 5.84. The third kappa shape index (κ3) is 2.83. The van der Waals surface area contributed by atoms with Crippen LogP contribution >= 0.6 is 15.9 Å². The lowest BCUT2D eigenvalue weighted by molar-refractivity contribution is -0.385. The first-order valence-corrected chi connectivity index (χ1v) is 6.22. The van der Waals surface area contributed by atoms with Gasteiger partial charge >= 0.3 is 5.69 Å². The molecular formula is C11H10BrN5O3. The van der Waals surface area contributed by atoms with Crippen LogP contribution in [0.4, 0.5) is 11.5 Å². The summed E-state index contributed by atoms with van der Waals surface area (Å²) in [4.78, 5) is 18.3. The summed E-state index contributed by atoms with van der Waals surface area (Å²) in [5, 5.41) is 11.0. The third-order valence-electron chi connectivity index (χ3n) is 2.41. The predicted molar refractivity (Wildman–Crippen MR) is 75.4 cm³/mol. The Bertz CT molecular complexity index is 665. The molecule has 8 nitrogen and oxygen atoms in total. The Morgan fingerprint density at radius 1 is 1.45 bits per heavy atom. The fraction of sp³-hybridized carbons (Fsp3) is 0.0909. The summed E-state index contributed by atoms with van der Waals surface area (Å²) in [6, 6.07) is 4.64. The van der Waals surface area contributed by atoms with E-state index in [2.05, 4.69) is 31.3 Å². The Morgan fingerprint density at radius 3 is 2.85 bits per heavy atom. The van der Waals surface area contributed by atoms with Crippen molar-refractivity contribution in [2.45, 2.75) is 6.92 Å². The van der Waals surface area contributed by atoms with Gasteiger partial charge in [0.2, 0.25) is 11.6 Å². The number of hydrogen-bond donors (Lipinski definition) is 2. The largest absolute Gasteiger partial charge is 0.430 e. The minimum atomic E-state index is -0.514. The zero-order chi connectivity index (χ0) is 14.7. The van der Waals surface area contributed by atoms with E-state index in [1.54, 1.807) is 13.0 Å². The topological polar surface area (TPSA) is 116 Å². The second-order valence-corrected chi connectivity index (χ2v) is 4.61. The van der Waals surface area contributed by atoms with Gasteiger partial charge in [0.1, 0.15) is 10.8 Å². The lowest BCUT2D eigenvalue weighted by Crippen LogP contribution is -2.10. The number of anilines is 1. The van der Waals surface area contributed by atoms with Crippen molar-refractivity contribution in [3.63, 3.8) is 0 Å². The molecule has 20 heavy (non-hydrogen) atoms. The van der Waals surface area contributed by atoms with Gasteiger partial charge in [0.05, 0.1) is 4.92 Å². The van der Waals surface area contributed by atoms with Crippen molar-refractivity contribution >= 4 is 27.4 Å². The van der Waals surface area contributed by atoms with E-state index in [9.17, 15) is 10.1 Å². The molecule has 0 aliphatic carbocycles. The van der Waals surface area contributed by atoms with Crippen LogP contribution in [0, 0.1) is 17.0 Å². The molecule has 3 N–H and O–H groups in total. The molecule has 2 aromatic rings. The van der Waals surface area contributed by atoms with Crippen LogP contribution < -0.4 is 16.0 Å². The molecule has 0 saturated heterocycles. The molecule has 0 spiro atoms. The molecule has 0 bridgehead atoms. The van der Waals surface area contributed by atoms with Crippen LogP contribution in [0.15, 0.2) is 29.0 Å². The Morgan fingerprint density at radius 2 is 2.20 bits per heavy atom. The highest BCUT2D eigenvalue weighted by Gasteiger charge is 2.18. The van der Waals surface area contributed by atoms with Crippen LogP contribution in [-0.2, 0) is 0 Å². The molecule has 0 saturated carbocycles. The smallest absolute Gasteiger partial charge is 0.311 e. The second-order valence-electron chi connectivity index (χ2n) is 3.82. The van der Waals surface area contributed by atoms with Gasteiger partial charge in [0.25, 0.3) is 0 Å². The molecule has 0 radical (unpaired) electrons. The number of hydrogen-bond acceptors (Lipinski definition) is 7. The quantitative estimate of drug-likeness (QED) is 0.499. The van der Waals surface area contributed by atoms with E-state index in [0.29, 0.717) is 10.3 Å². The van der Waals surface area contributed by atoms with E-state index in [0.717, 1.165) is 5.56 Å². The van der Waals surface area contributed by atoms with Gasteiger partial charge in [-0.05, 0) is 34.5 Å². The van der Waals surface area contributed by atoms with Gasteiger partial charge in [-0.1, -0.05) is 6.07 Å². The highest BCUT2D eigenvalue weighted by molar-refractivity contribution is 9.10. The average molecular weight is 340 g/mol. The van der Waals surface area contributed by atoms with Gasteiger partial charge < -0.3 is 10.2 Å². The number of nitrogens with zero attached hydrogens (tertiary/aromatic N) is 3. The molecule has 0 fully saturated rings. The fourth-order valence-corrected chi connectivity index (χ4v) is 1.89. The fourth-order valence-electron chi connectivity index (χ4n) is 1.49. The average Bonchev–Trinajstić information content (AvgIpc) is 2.42. The van der Waals surface area contributed by atoms with Crippen LogP contribution in [0.2, 0.25) is 0 Å². The monoisotopic (exact) mass is 339 g/mol. The number of benzene rings is 1. The lowest BCUT2D eigenvalue weighted by Gasteiger charge is -2.09. The van der Waals surface area contributed by atoms with Gasteiger partial charge in [-0.3, -0.25) is 10.1 Å². The van der Waals surface area contributed by atoms with Crippen molar-refractivity contribution in [2.75, 3.05) is 5.43 Å². The number of hydrazine groups is 1. The first kappa shape index (κ1) is 14.2. The maximum absolute atomic E-state index is 11.0. The molecule has 0 atom stereocenters. The highest BCUT2D eigenvalue weighted by atomic mass is 79.9. The Labute approximate surface area is 122 Å². The Kier molecular flexibility index (Phi) is 4.11. The zero-order valence-corrected chi connectivity index (χ0v) is 11.9. The number of halogens is 1. The van der Waals surface area contributed by atoms with Crippen molar-refractivity contribution in [3.8, 4) is 11.6 Å². The first-order chi connectivity index (χ1) is 9.52. The van der Waals surface area contributed by atoms with Gasteiger partial charge in [-0.2, -0.15) is 0 Å². The van der Waals surface area contributed by atoms with E-state index in [1.807, 2.05) is 0 Å².